The number of ether oxygens (including phenoxy) is 1. The first kappa shape index (κ1) is 14.6. The third kappa shape index (κ3) is 3.14. The van der Waals surface area contributed by atoms with Crippen LogP contribution in [0.15, 0.2) is 54.6 Å². The van der Waals surface area contributed by atoms with Gasteiger partial charge in [-0.3, -0.25) is 4.79 Å². The molecule has 0 unspecified atom stereocenters. The van der Waals surface area contributed by atoms with Crippen molar-refractivity contribution in [2.75, 3.05) is 6.54 Å². The third-order valence-electron chi connectivity index (χ3n) is 4.55. The van der Waals surface area contributed by atoms with Gasteiger partial charge in [-0.2, -0.15) is 0 Å². The van der Waals surface area contributed by atoms with Gasteiger partial charge in [0.15, 0.2) is 0 Å². The average molecular weight is 295 g/mol. The normalized spacial score (nSPS) is 15.6. The topological polar surface area (TPSA) is 38.3 Å². The van der Waals surface area contributed by atoms with E-state index < -0.39 is 0 Å². The van der Waals surface area contributed by atoms with Crippen LogP contribution in [0.5, 0.6) is 5.75 Å². The van der Waals surface area contributed by atoms with E-state index in [1.165, 1.54) is 12.0 Å². The number of nitrogens with one attached hydrogen (secondary N) is 1. The van der Waals surface area contributed by atoms with Crippen molar-refractivity contribution in [2.45, 2.75) is 31.3 Å². The number of carbonyl (C=O) groups excluding carboxylic acids is 1. The molecule has 3 nitrogen and oxygen atoms in total. The molecule has 1 amide bonds. The monoisotopic (exact) mass is 295 g/mol. The summed E-state index contributed by atoms with van der Waals surface area (Å²) in [5, 5.41) is 2.84. The molecule has 2 aromatic rings. The first-order chi connectivity index (χ1) is 10.8. The number of hydrogen-bond acceptors (Lipinski definition) is 2. The molecule has 0 heterocycles. The minimum absolute atomic E-state index is 0.124. The molecular formula is C19H21NO2. The summed E-state index contributed by atoms with van der Waals surface area (Å²) in [7, 11) is 0. The first-order valence-electron chi connectivity index (χ1n) is 7.77. The van der Waals surface area contributed by atoms with Gasteiger partial charge in [0.05, 0.1) is 0 Å². The van der Waals surface area contributed by atoms with Crippen LogP contribution >= 0.6 is 0 Å². The van der Waals surface area contributed by atoms with Gasteiger partial charge >= 0.3 is 0 Å². The minimum atomic E-state index is 0.124. The van der Waals surface area contributed by atoms with Crippen molar-refractivity contribution < 1.29 is 9.53 Å². The molecule has 0 aromatic heterocycles. The number of amides is 1. The number of benzene rings is 2. The third-order valence-corrected chi connectivity index (χ3v) is 4.55. The summed E-state index contributed by atoms with van der Waals surface area (Å²) in [5.41, 5.74) is 2.58. The zero-order chi connectivity index (χ0) is 15.3. The maximum absolute atomic E-state index is 10.6. The molecule has 1 N–H and O–H groups in total. The van der Waals surface area contributed by atoms with Gasteiger partial charge in [0, 0.05) is 12.0 Å². The Balaban J connectivity index is 1.63. The Bertz CT molecular complexity index is 603. The highest BCUT2D eigenvalue weighted by atomic mass is 16.5. The molecule has 1 fully saturated rings. The molecule has 0 saturated heterocycles. The molecule has 0 spiro atoms. The summed E-state index contributed by atoms with van der Waals surface area (Å²) in [6.07, 6.45) is 4.29. The summed E-state index contributed by atoms with van der Waals surface area (Å²) < 4.78 is 5.82. The predicted octanol–water partition coefficient (Wildman–Crippen LogP) is 3.43. The summed E-state index contributed by atoms with van der Waals surface area (Å²) in [6.45, 7) is 1.30. The van der Waals surface area contributed by atoms with Crippen molar-refractivity contribution in [1.29, 1.82) is 0 Å². The fraction of sp³-hybridized carbons (Fsp3) is 0.316. The standard InChI is InChI=1S/C19H21NO2/c21-15-20-14-19(11-4-12-19)17-7-9-18(10-8-17)22-13-16-5-2-1-3-6-16/h1-3,5-10,15H,4,11-14H2,(H,20,21). The number of carbonyl (C=O) groups is 1. The van der Waals surface area contributed by atoms with Gasteiger partial charge < -0.3 is 10.1 Å². The van der Waals surface area contributed by atoms with Crippen LogP contribution in [0.2, 0.25) is 0 Å². The van der Waals surface area contributed by atoms with E-state index >= 15 is 0 Å². The highest BCUT2D eigenvalue weighted by Gasteiger charge is 2.38. The van der Waals surface area contributed by atoms with E-state index in [-0.39, 0.29) is 5.41 Å². The van der Waals surface area contributed by atoms with Gasteiger partial charge in [-0.05, 0) is 36.1 Å². The molecule has 0 radical (unpaired) electrons. The zero-order valence-electron chi connectivity index (χ0n) is 12.6. The van der Waals surface area contributed by atoms with Crippen LogP contribution in [0.4, 0.5) is 0 Å². The maximum Gasteiger partial charge on any atom is 0.207 e. The quantitative estimate of drug-likeness (QED) is 0.795. The predicted molar refractivity (Wildman–Crippen MR) is 86.8 cm³/mol. The molecular weight excluding hydrogens is 274 g/mol. The fourth-order valence-corrected chi connectivity index (χ4v) is 3.05. The minimum Gasteiger partial charge on any atom is -0.489 e. The van der Waals surface area contributed by atoms with Crippen molar-refractivity contribution in [2.24, 2.45) is 0 Å². The van der Waals surface area contributed by atoms with E-state index in [1.54, 1.807) is 0 Å². The van der Waals surface area contributed by atoms with Crippen LogP contribution in [-0.4, -0.2) is 13.0 Å². The van der Waals surface area contributed by atoms with Gasteiger partial charge in [0.25, 0.3) is 0 Å². The van der Waals surface area contributed by atoms with E-state index in [2.05, 4.69) is 29.6 Å². The van der Waals surface area contributed by atoms with Crippen LogP contribution in [0.3, 0.4) is 0 Å². The van der Waals surface area contributed by atoms with Crippen molar-refractivity contribution in [3.8, 4) is 5.75 Å². The highest BCUT2D eigenvalue weighted by molar-refractivity contribution is 5.47. The Hall–Kier alpha value is -2.29. The van der Waals surface area contributed by atoms with Gasteiger partial charge in [-0.1, -0.05) is 48.9 Å². The Morgan fingerprint density at radius 1 is 1.05 bits per heavy atom. The second-order valence-corrected chi connectivity index (χ2v) is 5.93. The van der Waals surface area contributed by atoms with Crippen LogP contribution in [-0.2, 0) is 16.8 Å². The van der Waals surface area contributed by atoms with E-state index in [9.17, 15) is 4.79 Å². The smallest absolute Gasteiger partial charge is 0.207 e. The van der Waals surface area contributed by atoms with Crippen LogP contribution in [0.25, 0.3) is 0 Å². The lowest BCUT2D eigenvalue weighted by Gasteiger charge is -2.42. The lowest BCUT2D eigenvalue weighted by atomic mass is 9.64. The Morgan fingerprint density at radius 3 is 2.36 bits per heavy atom. The molecule has 22 heavy (non-hydrogen) atoms. The van der Waals surface area contributed by atoms with E-state index in [0.29, 0.717) is 6.61 Å². The molecule has 1 aliphatic carbocycles. The molecule has 0 aliphatic heterocycles. The van der Waals surface area contributed by atoms with Crippen molar-refractivity contribution in [3.63, 3.8) is 0 Å². The lowest BCUT2D eigenvalue weighted by Crippen LogP contribution is -2.43. The summed E-state index contributed by atoms with van der Waals surface area (Å²) in [6, 6.07) is 18.5. The molecule has 2 aromatic carbocycles. The molecule has 1 aliphatic rings. The van der Waals surface area contributed by atoms with E-state index in [0.717, 1.165) is 37.1 Å². The lowest BCUT2D eigenvalue weighted by molar-refractivity contribution is -0.109. The molecule has 114 valence electrons. The largest absolute Gasteiger partial charge is 0.489 e. The van der Waals surface area contributed by atoms with E-state index in [1.807, 2.05) is 30.3 Å². The second-order valence-electron chi connectivity index (χ2n) is 5.93. The first-order valence-corrected chi connectivity index (χ1v) is 7.77. The number of rotatable bonds is 7. The summed E-state index contributed by atoms with van der Waals surface area (Å²) in [5.74, 6) is 0.880. The highest BCUT2D eigenvalue weighted by Crippen LogP contribution is 2.43. The Kier molecular flexibility index (Phi) is 4.42. The van der Waals surface area contributed by atoms with Gasteiger partial charge in [-0.25, -0.2) is 0 Å². The Labute approximate surface area is 131 Å². The van der Waals surface area contributed by atoms with Crippen LogP contribution in [0.1, 0.15) is 30.4 Å². The van der Waals surface area contributed by atoms with E-state index in [4.69, 9.17) is 4.74 Å². The van der Waals surface area contributed by atoms with Crippen LogP contribution < -0.4 is 10.1 Å². The fourth-order valence-electron chi connectivity index (χ4n) is 3.05. The average Bonchev–Trinajstić information content (AvgIpc) is 2.54. The molecule has 3 heteroatoms. The number of hydrogen-bond donors (Lipinski definition) is 1. The van der Waals surface area contributed by atoms with Crippen molar-refractivity contribution in [1.82, 2.24) is 5.32 Å². The molecule has 3 rings (SSSR count). The maximum atomic E-state index is 10.6. The second kappa shape index (κ2) is 6.65. The SMILES string of the molecule is O=CNCC1(c2ccc(OCc3ccccc3)cc2)CCC1. The zero-order valence-corrected chi connectivity index (χ0v) is 12.6. The van der Waals surface area contributed by atoms with Crippen molar-refractivity contribution in [3.05, 3.63) is 65.7 Å². The van der Waals surface area contributed by atoms with Gasteiger partial charge in [-0.15, -0.1) is 0 Å². The summed E-state index contributed by atoms with van der Waals surface area (Å²) in [4.78, 5) is 10.6. The molecule has 1 saturated carbocycles. The van der Waals surface area contributed by atoms with Crippen LogP contribution in [0, 0.1) is 0 Å². The van der Waals surface area contributed by atoms with Gasteiger partial charge in [0.2, 0.25) is 6.41 Å². The van der Waals surface area contributed by atoms with Gasteiger partial charge in [0.1, 0.15) is 12.4 Å². The molecule has 0 bridgehead atoms. The Morgan fingerprint density at radius 2 is 1.77 bits per heavy atom. The molecule has 0 atom stereocenters. The summed E-state index contributed by atoms with van der Waals surface area (Å²) >= 11 is 0. The van der Waals surface area contributed by atoms with Crippen molar-refractivity contribution >= 4 is 6.41 Å².